The fourth-order valence-electron chi connectivity index (χ4n) is 3.58. The van der Waals surface area contributed by atoms with Crippen LogP contribution in [0.2, 0.25) is 0 Å². The van der Waals surface area contributed by atoms with Gasteiger partial charge in [-0.3, -0.25) is 4.79 Å². The van der Waals surface area contributed by atoms with E-state index in [1.165, 1.54) is 21.4 Å². The molecule has 2 aromatic carbocycles. The number of hydrogen-bond acceptors (Lipinski definition) is 4. The Balaban J connectivity index is 1.73. The van der Waals surface area contributed by atoms with Crippen molar-refractivity contribution >= 4 is 17.2 Å². The molecule has 0 aliphatic heterocycles. The van der Waals surface area contributed by atoms with Crippen LogP contribution in [0.4, 0.5) is 18.9 Å². The molecule has 0 spiro atoms. The van der Waals surface area contributed by atoms with E-state index >= 15 is 0 Å². The van der Waals surface area contributed by atoms with E-state index in [9.17, 15) is 22.8 Å². The van der Waals surface area contributed by atoms with Crippen molar-refractivity contribution in [1.29, 1.82) is 0 Å². The maximum absolute atomic E-state index is 13.1. The molecule has 10 heteroatoms. The average molecular weight is 455 g/mol. The van der Waals surface area contributed by atoms with Crippen LogP contribution in [0.25, 0.3) is 17.0 Å². The van der Waals surface area contributed by atoms with Crippen molar-refractivity contribution in [1.82, 2.24) is 19.2 Å². The minimum absolute atomic E-state index is 0.151. The zero-order chi connectivity index (χ0) is 23.8. The van der Waals surface area contributed by atoms with E-state index in [1.807, 2.05) is 25.1 Å². The third-order valence-corrected chi connectivity index (χ3v) is 5.14. The summed E-state index contributed by atoms with van der Waals surface area (Å²) in [7, 11) is 0. The number of carbonyl (C=O) groups excluding carboxylic acids is 1. The quantitative estimate of drug-likeness (QED) is 0.457. The largest absolute Gasteiger partial charge is 0.416 e. The standard InChI is InChI=1S/C23H20F3N5O2/c1-3-29(18-7-5-4-6-8-18)20(32)14-30-22(33)31-19(28-30)13-15(2)27-21(31)16-9-11-17(12-10-16)23(24,25)26/h4-13H,3,14H2,1-2H3. The molecule has 0 unspecified atom stereocenters. The number of para-hydroxylation sites is 1. The Morgan fingerprint density at radius 3 is 2.33 bits per heavy atom. The lowest BCUT2D eigenvalue weighted by molar-refractivity contribution is -0.137. The summed E-state index contributed by atoms with van der Waals surface area (Å²) in [4.78, 5) is 31.9. The molecule has 2 heterocycles. The zero-order valence-electron chi connectivity index (χ0n) is 17.9. The van der Waals surface area contributed by atoms with E-state index < -0.39 is 17.4 Å². The zero-order valence-corrected chi connectivity index (χ0v) is 17.9. The van der Waals surface area contributed by atoms with E-state index in [-0.39, 0.29) is 23.9 Å². The van der Waals surface area contributed by atoms with Gasteiger partial charge in [0, 0.05) is 29.6 Å². The lowest BCUT2D eigenvalue weighted by atomic mass is 10.1. The van der Waals surface area contributed by atoms with Gasteiger partial charge in [0.05, 0.1) is 5.56 Å². The van der Waals surface area contributed by atoms with Crippen LogP contribution in [-0.4, -0.2) is 31.6 Å². The molecule has 0 atom stereocenters. The number of aryl methyl sites for hydroxylation is 1. The molecule has 0 radical (unpaired) electrons. The molecule has 33 heavy (non-hydrogen) atoms. The number of hydrogen-bond donors (Lipinski definition) is 0. The number of benzene rings is 2. The number of aromatic nitrogens is 4. The SMILES string of the molecule is CCN(C(=O)Cn1nc2cc(C)nc(-c3ccc(C(F)(F)F)cc3)n2c1=O)c1ccccc1. The average Bonchev–Trinajstić information content (AvgIpc) is 3.08. The molecule has 0 saturated carbocycles. The van der Waals surface area contributed by atoms with Gasteiger partial charge in [0.15, 0.2) is 5.65 Å². The predicted octanol–water partition coefficient (Wildman–Crippen LogP) is 3.94. The number of likely N-dealkylation sites (N-methyl/N-ethyl adjacent to an activating group) is 1. The van der Waals surface area contributed by atoms with Crippen molar-refractivity contribution in [2.75, 3.05) is 11.4 Å². The van der Waals surface area contributed by atoms with Crippen LogP contribution >= 0.6 is 0 Å². The summed E-state index contributed by atoms with van der Waals surface area (Å²) in [6, 6.07) is 15.0. The molecule has 0 aliphatic carbocycles. The van der Waals surface area contributed by atoms with Crippen LogP contribution in [0.5, 0.6) is 0 Å². The third-order valence-electron chi connectivity index (χ3n) is 5.14. The van der Waals surface area contributed by atoms with Gasteiger partial charge in [-0.05, 0) is 38.1 Å². The maximum atomic E-state index is 13.1. The fourth-order valence-corrected chi connectivity index (χ4v) is 3.58. The van der Waals surface area contributed by atoms with Gasteiger partial charge in [-0.1, -0.05) is 30.3 Å². The molecule has 4 rings (SSSR count). The topological polar surface area (TPSA) is 72.5 Å². The predicted molar refractivity (Wildman–Crippen MR) is 117 cm³/mol. The Morgan fingerprint density at radius 1 is 1.06 bits per heavy atom. The second kappa shape index (κ2) is 8.53. The van der Waals surface area contributed by atoms with Gasteiger partial charge in [0.1, 0.15) is 12.4 Å². The first-order chi connectivity index (χ1) is 15.7. The smallest absolute Gasteiger partial charge is 0.311 e. The summed E-state index contributed by atoms with van der Waals surface area (Å²) in [5, 5.41) is 4.27. The first-order valence-corrected chi connectivity index (χ1v) is 10.2. The van der Waals surface area contributed by atoms with Gasteiger partial charge in [-0.15, -0.1) is 5.10 Å². The van der Waals surface area contributed by atoms with Crippen LogP contribution in [0.1, 0.15) is 18.2 Å². The molecule has 0 bridgehead atoms. The highest BCUT2D eigenvalue weighted by atomic mass is 19.4. The molecule has 0 N–H and O–H groups in total. The number of amides is 1. The second-order valence-corrected chi connectivity index (χ2v) is 7.40. The molecule has 0 aliphatic rings. The summed E-state index contributed by atoms with van der Waals surface area (Å²) in [6.45, 7) is 3.63. The third kappa shape index (κ3) is 4.36. The first kappa shape index (κ1) is 22.3. The highest BCUT2D eigenvalue weighted by molar-refractivity contribution is 5.93. The normalized spacial score (nSPS) is 11.7. The van der Waals surface area contributed by atoms with Crippen molar-refractivity contribution < 1.29 is 18.0 Å². The number of fused-ring (bicyclic) bond motifs is 1. The van der Waals surface area contributed by atoms with Crippen molar-refractivity contribution in [3.05, 3.63) is 82.4 Å². The molecular formula is C23H20F3N5O2. The van der Waals surface area contributed by atoms with Crippen molar-refractivity contribution in [2.24, 2.45) is 0 Å². The minimum atomic E-state index is -4.47. The number of carbonyl (C=O) groups is 1. The van der Waals surface area contributed by atoms with E-state index in [0.29, 0.717) is 23.5 Å². The fraction of sp³-hybridized carbons (Fsp3) is 0.217. The van der Waals surface area contributed by atoms with Gasteiger partial charge in [-0.2, -0.15) is 13.2 Å². The number of rotatable bonds is 5. The van der Waals surface area contributed by atoms with Crippen LogP contribution in [-0.2, 0) is 17.5 Å². The number of halogens is 3. The monoisotopic (exact) mass is 455 g/mol. The lowest BCUT2D eigenvalue weighted by Gasteiger charge is -2.20. The number of anilines is 1. The Hall–Kier alpha value is -3.95. The van der Waals surface area contributed by atoms with Crippen LogP contribution in [0, 0.1) is 6.92 Å². The molecule has 7 nitrogen and oxygen atoms in total. The van der Waals surface area contributed by atoms with Crippen molar-refractivity contribution in [3.8, 4) is 11.4 Å². The summed E-state index contributed by atoms with van der Waals surface area (Å²) < 4.78 is 41.0. The van der Waals surface area contributed by atoms with Crippen LogP contribution in [0.3, 0.4) is 0 Å². The van der Waals surface area contributed by atoms with E-state index in [1.54, 1.807) is 25.1 Å². The van der Waals surface area contributed by atoms with Gasteiger partial charge in [0.25, 0.3) is 0 Å². The molecule has 4 aromatic rings. The van der Waals surface area contributed by atoms with E-state index in [2.05, 4.69) is 10.1 Å². The number of alkyl halides is 3. The summed E-state index contributed by atoms with van der Waals surface area (Å²) >= 11 is 0. The highest BCUT2D eigenvalue weighted by Gasteiger charge is 2.30. The van der Waals surface area contributed by atoms with Gasteiger partial charge >= 0.3 is 11.9 Å². The second-order valence-electron chi connectivity index (χ2n) is 7.40. The highest BCUT2D eigenvalue weighted by Crippen LogP contribution is 2.30. The summed E-state index contributed by atoms with van der Waals surface area (Å²) in [5.41, 5.74) is 0.390. The molecule has 0 fully saturated rings. The van der Waals surface area contributed by atoms with Crippen LogP contribution in [0.15, 0.2) is 65.5 Å². The van der Waals surface area contributed by atoms with Crippen molar-refractivity contribution in [2.45, 2.75) is 26.6 Å². The number of nitrogens with zero attached hydrogens (tertiary/aromatic N) is 5. The minimum Gasteiger partial charge on any atom is -0.311 e. The first-order valence-electron chi connectivity index (χ1n) is 10.2. The molecular weight excluding hydrogens is 435 g/mol. The molecule has 170 valence electrons. The van der Waals surface area contributed by atoms with Crippen LogP contribution < -0.4 is 10.6 Å². The Labute approximate surface area is 186 Å². The van der Waals surface area contributed by atoms with E-state index in [4.69, 9.17) is 0 Å². The lowest BCUT2D eigenvalue weighted by Crippen LogP contribution is -2.36. The Kier molecular flexibility index (Phi) is 5.75. The summed E-state index contributed by atoms with van der Waals surface area (Å²) in [5.74, 6) is -0.173. The van der Waals surface area contributed by atoms with Gasteiger partial charge in [0.2, 0.25) is 5.91 Å². The maximum Gasteiger partial charge on any atom is 0.416 e. The van der Waals surface area contributed by atoms with Crippen molar-refractivity contribution in [3.63, 3.8) is 0 Å². The molecule has 0 saturated heterocycles. The van der Waals surface area contributed by atoms with Gasteiger partial charge < -0.3 is 4.90 Å². The summed E-state index contributed by atoms with van der Waals surface area (Å²) in [6.07, 6.45) is -4.47. The molecule has 1 amide bonds. The Bertz CT molecular complexity index is 1360. The van der Waals surface area contributed by atoms with E-state index in [0.717, 1.165) is 16.8 Å². The van der Waals surface area contributed by atoms with Gasteiger partial charge in [-0.25, -0.2) is 18.9 Å². The molecule has 2 aromatic heterocycles. The Morgan fingerprint density at radius 2 is 1.73 bits per heavy atom.